The van der Waals surface area contributed by atoms with Crippen LogP contribution >= 0.6 is 12.2 Å². The van der Waals surface area contributed by atoms with E-state index in [-0.39, 0.29) is 5.11 Å². The van der Waals surface area contributed by atoms with Crippen molar-refractivity contribution in [2.24, 2.45) is 5.41 Å². The lowest BCUT2D eigenvalue weighted by Gasteiger charge is -2.50. The number of hydrogen-bond acceptors (Lipinski definition) is 7. The minimum atomic E-state index is -1.82. The number of benzene rings is 4. The smallest absolute Gasteiger partial charge is 0.345 e. The summed E-state index contributed by atoms with van der Waals surface area (Å²) >= 11 is 5.34. The van der Waals surface area contributed by atoms with Crippen molar-refractivity contribution in [1.29, 1.82) is 0 Å². The van der Waals surface area contributed by atoms with Gasteiger partial charge in [-0.15, -0.1) is 0 Å². The molecule has 9 nitrogen and oxygen atoms in total. The average molecular weight is 655 g/mol. The summed E-state index contributed by atoms with van der Waals surface area (Å²) in [4.78, 5) is 50.8. The van der Waals surface area contributed by atoms with Crippen molar-refractivity contribution >= 4 is 40.8 Å². The van der Waals surface area contributed by atoms with Gasteiger partial charge in [0.05, 0.1) is 25.6 Å². The van der Waals surface area contributed by atoms with Gasteiger partial charge in [-0.2, -0.15) is 4.98 Å². The molecule has 1 aromatic heterocycles. The third-order valence-electron chi connectivity index (χ3n) is 9.04. The van der Waals surface area contributed by atoms with E-state index < -0.39 is 34.8 Å². The molecule has 3 N–H and O–H groups in total. The number of fused-ring (bicyclic) bond motifs is 1. The fourth-order valence-corrected chi connectivity index (χ4v) is 7.20. The van der Waals surface area contributed by atoms with Crippen LogP contribution in [0.3, 0.4) is 0 Å². The Morgan fingerprint density at radius 3 is 1.77 bits per heavy atom. The lowest BCUT2D eigenvalue weighted by Crippen LogP contribution is -2.67. The van der Waals surface area contributed by atoms with Gasteiger partial charge >= 0.3 is 5.69 Å². The number of nitrogens with one attached hydrogen (secondary N) is 3. The second kappa shape index (κ2) is 12.4. The third kappa shape index (κ3) is 5.07. The lowest BCUT2D eigenvalue weighted by molar-refractivity contribution is -0.145. The Hall–Kier alpha value is -5.87. The minimum Gasteiger partial charge on any atom is -0.497 e. The standard InChI is InChI=1S/C38H30N4O5S/c1-46-26-17-13-22(14-18-26)21-28-30(23-9-5-3-6-10-23)38(34(43)41-37(48)42-35(38)44)31(24-11-7-4-8-12-24)29-32(39-36(45)40-33(28)29)25-15-19-27(47-2)20-16-25/h3-21,30-31H,1-2H3,(H,39,40,45)(H2,41,42,43,44,48)/b28-21-. The van der Waals surface area contributed by atoms with Crippen LogP contribution in [-0.4, -0.2) is 41.1 Å². The van der Waals surface area contributed by atoms with E-state index in [1.54, 1.807) is 26.4 Å². The average Bonchev–Trinajstić information content (AvgIpc) is 3.11. The number of aromatic amines is 1. The minimum absolute atomic E-state index is 0.0734. The quantitative estimate of drug-likeness (QED) is 0.165. The summed E-state index contributed by atoms with van der Waals surface area (Å²) < 4.78 is 10.8. The number of carbonyl (C=O) groups excluding carboxylic acids is 2. The molecule has 1 spiro atoms. The van der Waals surface area contributed by atoms with Gasteiger partial charge in [-0.3, -0.25) is 9.59 Å². The van der Waals surface area contributed by atoms with E-state index in [0.29, 0.717) is 50.7 Å². The first-order valence-electron chi connectivity index (χ1n) is 15.3. The van der Waals surface area contributed by atoms with Gasteiger partial charge < -0.3 is 25.1 Å². The highest BCUT2D eigenvalue weighted by atomic mass is 32.1. The Kier molecular flexibility index (Phi) is 7.94. The molecule has 0 saturated carbocycles. The van der Waals surface area contributed by atoms with Crippen molar-refractivity contribution in [3.05, 3.63) is 148 Å². The van der Waals surface area contributed by atoms with Crippen molar-refractivity contribution < 1.29 is 19.1 Å². The first-order chi connectivity index (χ1) is 23.3. The van der Waals surface area contributed by atoms with Gasteiger partial charge in [0.2, 0.25) is 11.8 Å². The van der Waals surface area contributed by atoms with E-state index in [2.05, 4.69) is 20.6 Å². The molecule has 2 unspecified atom stereocenters. The van der Waals surface area contributed by atoms with E-state index in [4.69, 9.17) is 21.7 Å². The predicted octanol–water partition coefficient (Wildman–Crippen LogP) is 5.44. The molecular weight excluding hydrogens is 625 g/mol. The normalized spacial score (nSPS) is 19.0. The monoisotopic (exact) mass is 654 g/mol. The Balaban J connectivity index is 1.66. The number of hydrogen-bond donors (Lipinski definition) is 3. The molecular formula is C38H30N4O5S. The predicted molar refractivity (Wildman–Crippen MR) is 186 cm³/mol. The Bertz CT molecular complexity index is 2110. The zero-order valence-corrected chi connectivity index (χ0v) is 26.8. The maximum atomic E-state index is 14.8. The van der Waals surface area contributed by atoms with Gasteiger partial charge in [-0.05, 0) is 82.5 Å². The highest BCUT2D eigenvalue weighted by Gasteiger charge is 2.65. The highest BCUT2D eigenvalue weighted by Crippen LogP contribution is 2.62. The zero-order valence-electron chi connectivity index (χ0n) is 26.0. The molecule has 1 aliphatic heterocycles. The van der Waals surface area contributed by atoms with Crippen molar-refractivity contribution in [1.82, 2.24) is 20.6 Å². The molecule has 48 heavy (non-hydrogen) atoms. The molecule has 1 fully saturated rings. The number of carbonyl (C=O) groups is 2. The summed E-state index contributed by atoms with van der Waals surface area (Å²) in [6, 6.07) is 33.3. The van der Waals surface area contributed by atoms with Crippen LogP contribution in [0.15, 0.2) is 114 Å². The summed E-state index contributed by atoms with van der Waals surface area (Å²) in [7, 11) is 3.16. The maximum Gasteiger partial charge on any atom is 0.345 e. The highest BCUT2D eigenvalue weighted by molar-refractivity contribution is 7.80. The van der Waals surface area contributed by atoms with Gasteiger partial charge in [-0.1, -0.05) is 72.8 Å². The van der Waals surface area contributed by atoms with E-state index in [1.807, 2.05) is 103 Å². The van der Waals surface area contributed by atoms with Crippen molar-refractivity contribution in [2.75, 3.05) is 14.2 Å². The summed E-state index contributed by atoms with van der Waals surface area (Å²) in [5.74, 6) is -1.65. The SMILES string of the molecule is COc1ccc(/C=C2\c3nc(=O)[nH]c(-c4ccc(OC)cc4)c3C(c3ccccc3)C3(C(=O)NC(=S)NC3=O)C2c2ccccc2)cc1. The molecule has 2 amide bonds. The number of H-pyrrole nitrogens is 1. The number of rotatable bonds is 6. The Labute approximate surface area is 281 Å². The van der Waals surface area contributed by atoms with E-state index in [1.165, 1.54) is 0 Å². The maximum absolute atomic E-state index is 14.8. The Morgan fingerprint density at radius 2 is 1.23 bits per heavy atom. The van der Waals surface area contributed by atoms with E-state index >= 15 is 0 Å². The van der Waals surface area contributed by atoms with Gasteiger partial charge in [0.15, 0.2) is 10.5 Å². The van der Waals surface area contributed by atoms with Gasteiger partial charge in [0.25, 0.3) is 0 Å². The fourth-order valence-electron chi connectivity index (χ4n) is 7.01. The van der Waals surface area contributed by atoms with Crippen LogP contribution < -0.4 is 25.8 Å². The number of nitrogens with zero attached hydrogens (tertiary/aromatic N) is 1. The molecule has 2 heterocycles. The lowest BCUT2D eigenvalue weighted by atomic mass is 9.52. The molecule has 238 valence electrons. The molecule has 0 bridgehead atoms. The van der Waals surface area contributed by atoms with Crippen LogP contribution in [-0.2, 0) is 9.59 Å². The first kappa shape index (κ1) is 30.8. The summed E-state index contributed by atoms with van der Waals surface area (Å²) in [5, 5.41) is 5.51. The molecule has 2 atom stereocenters. The van der Waals surface area contributed by atoms with Crippen LogP contribution in [0.5, 0.6) is 11.5 Å². The summed E-state index contributed by atoms with van der Waals surface area (Å²) in [6.07, 6.45) is 1.89. The number of ether oxygens (including phenoxy) is 2. The van der Waals surface area contributed by atoms with Crippen molar-refractivity contribution in [3.63, 3.8) is 0 Å². The summed E-state index contributed by atoms with van der Waals surface area (Å²) in [6.45, 7) is 0. The number of methoxy groups -OCH3 is 2. The Morgan fingerprint density at radius 1 is 0.708 bits per heavy atom. The molecule has 1 saturated heterocycles. The second-order valence-electron chi connectivity index (χ2n) is 11.6. The summed E-state index contributed by atoms with van der Waals surface area (Å²) in [5.41, 5.74) is 2.24. The van der Waals surface area contributed by atoms with Crippen LogP contribution in [0.2, 0.25) is 0 Å². The number of aromatic nitrogens is 2. The first-order valence-corrected chi connectivity index (χ1v) is 15.7. The van der Waals surface area contributed by atoms with Crippen molar-refractivity contribution in [3.8, 4) is 22.8 Å². The molecule has 5 aromatic rings. The van der Waals surface area contributed by atoms with E-state index in [9.17, 15) is 14.4 Å². The molecule has 4 aromatic carbocycles. The molecule has 7 rings (SSSR count). The largest absolute Gasteiger partial charge is 0.497 e. The molecule has 2 aliphatic rings. The zero-order chi connectivity index (χ0) is 33.4. The van der Waals surface area contributed by atoms with Gasteiger partial charge in [-0.25, -0.2) is 4.79 Å². The van der Waals surface area contributed by atoms with Crippen LogP contribution in [0.1, 0.15) is 39.8 Å². The number of allylic oxidation sites excluding steroid dienone is 1. The third-order valence-corrected chi connectivity index (χ3v) is 9.25. The van der Waals surface area contributed by atoms with Crippen LogP contribution in [0, 0.1) is 5.41 Å². The van der Waals surface area contributed by atoms with Gasteiger partial charge in [0.1, 0.15) is 11.5 Å². The van der Waals surface area contributed by atoms with Crippen LogP contribution in [0.25, 0.3) is 22.9 Å². The van der Waals surface area contributed by atoms with Gasteiger partial charge in [0, 0.05) is 17.4 Å². The fraction of sp³-hybridized carbons (Fsp3) is 0.132. The molecule has 1 aliphatic carbocycles. The molecule has 10 heteroatoms. The van der Waals surface area contributed by atoms with E-state index in [0.717, 1.165) is 5.56 Å². The molecule has 0 radical (unpaired) electrons. The van der Waals surface area contributed by atoms with Crippen molar-refractivity contribution in [2.45, 2.75) is 11.8 Å². The number of thiocarbonyl (C=S) groups is 1. The number of amides is 2. The van der Waals surface area contributed by atoms with Crippen LogP contribution in [0.4, 0.5) is 0 Å². The topological polar surface area (TPSA) is 122 Å². The second-order valence-corrected chi connectivity index (χ2v) is 12.0.